The van der Waals surface area contributed by atoms with E-state index in [0.717, 1.165) is 12.0 Å². The molecule has 0 fully saturated rings. The Morgan fingerprint density at radius 1 is 1.23 bits per heavy atom. The molecule has 1 amide bonds. The predicted octanol–water partition coefficient (Wildman–Crippen LogP) is 2.66. The van der Waals surface area contributed by atoms with Gasteiger partial charge in [-0.05, 0) is 24.1 Å². The number of rotatable bonds is 7. The van der Waals surface area contributed by atoms with Crippen LogP contribution in [-0.4, -0.2) is 27.0 Å². The first kappa shape index (κ1) is 21.3. The fraction of sp³-hybridized carbons (Fsp3) is 0.238. The third-order valence-corrected chi connectivity index (χ3v) is 4.82. The molecule has 8 nitrogen and oxygen atoms in total. The number of halogens is 1. The van der Waals surface area contributed by atoms with Crippen molar-refractivity contribution in [1.82, 2.24) is 14.5 Å². The molecule has 2 heterocycles. The number of nitrogen functional groups attached to an aromatic ring is 1. The highest BCUT2D eigenvalue weighted by Gasteiger charge is 2.26. The summed E-state index contributed by atoms with van der Waals surface area (Å²) in [6, 6.07) is 12.2. The molecule has 3 aromatic rings. The summed E-state index contributed by atoms with van der Waals surface area (Å²) in [5.74, 6) is -0.604. The van der Waals surface area contributed by atoms with Gasteiger partial charge in [-0.15, -0.1) is 0 Å². The van der Waals surface area contributed by atoms with Gasteiger partial charge in [0.15, 0.2) is 5.69 Å². The molecule has 0 atom stereocenters. The van der Waals surface area contributed by atoms with Gasteiger partial charge in [-0.1, -0.05) is 55.3 Å². The van der Waals surface area contributed by atoms with E-state index in [1.807, 2.05) is 37.3 Å². The molecule has 0 radical (unpaired) electrons. The van der Waals surface area contributed by atoms with E-state index in [9.17, 15) is 14.4 Å². The van der Waals surface area contributed by atoms with E-state index in [1.165, 1.54) is 21.7 Å². The lowest BCUT2D eigenvalue weighted by Gasteiger charge is -2.24. The van der Waals surface area contributed by atoms with Crippen molar-refractivity contribution in [3.8, 4) is 0 Å². The number of carbonyl (C=O) groups is 1. The van der Waals surface area contributed by atoms with Gasteiger partial charge in [-0.2, -0.15) is 0 Å². The molecule has 0 aliphatic carbocycles. The average molecular weight is 428 g/mol. The van der Waals surface area contributed by atoms with Gasteiger partial charge in [0.2, 0.25) is 0 Å². The standard InChI is InChI=1S/C21H22ClN5O3/c1-2-3-11-26(20(29)16-12-15(22)9-10-24-16)17-18(23)27(21(30)25-19(17)28)13-14-7-5-4-6-8-14/h4-10,12H,2-3,11,13,23H2,1H3,(H,25,28,30). The second-order valence-electron chi connectivity index (χ2n) is 6.73. The predicted molar refractivity (Wildman–Crippen MR) is 117 cm³/mol. The summed E-state index contributed by atoms with van der Waals surface area (Å²) in [6.07, 6.45) is 2.83. The van der Waals surface area contributed by atoms with E-state index in [-0.39, 0.29) is 30.3 Å². The van der Waals surface area contributed by atoms with Gasteiger partial charge in [0.25, 0.3) is 11.5 Å². The van der Waals surface area contributed by atoms with E-state index in [4.69, 9.17) is 17.3 Å². The Hall–Kier alpha value is -3.39. The lowest BCUT2D eigenvalue weighted by atomic mass is 10.2. The van der Waals surface area contributed by atoms with Gasteiger partial charge in [0.1, 0.15) is 11.5 Å². The lowest BCUT2D eigenvalue weighted by Crippen LogP contribution is -2.42. The molecule has 1 aromatic carbocycles. The highest BCUT2D eigenvalue weighted by atomic mass is 35.5. The molecule has 30 heavy (non-hydrogen) atoms. The molecule has 0 aliphatic rings. The van der Waals surface area contributed by atoms with Crippen molar-refractivity contribution in [2.24, 2.45) is 0 Å². The number of nitrogens with one attached hydrogen (secondary N) is 1. The number of aromatic amines is 1. The van der Waals surface area contributed by atoms with Gasteiger partial charge in [-0.3, -0.25) is 29.0 Å². The topological polar surface area (TPSA) is 114 Å². The first-order valence-corrected chi connectivity index (χ1v) is 9.90. The maximum absolute atomic E-state index is 13.2. The van der Waals surface area contributed by atoms with Crippen molar-refractivity contribution in [1.29, 1.82) is 0 Å². The molecule has 0 saturated heterocycles. The fourth-order valence-electron chi connectivity index (χ4n) is 3.05. The van der Waals surface area contributed by atoms with Crippen LogP contribution in [0, 0.1) is 0 Å². The smallest absolute Gasteiger partial charge is 0.330 e. The summed E-state index contributed by atoms with van der Waals surface area (Å²) < 4.78 is 1.24. The zero-order valence-electron chi connectivity index (χ0n) is 16.5. The van der Waals surface area contributed by atoms with Crippen molar-refractivity contribution >= 4 is 29.0 Å². The second-order valence-corrected chi connectivity index (χ2v) is 7.17. The monoisotopic (exact) mass is 427 g/mol. The van der Waals surface area contributed by atoms with Crippen molar-refractivity contribution in [3.05, 3.63) is 85.8 Å². The first-order chi connectivity index (χ1) is 14.4. The molecule has 3 N–H and O–H groups in total. The Balaban J connectivity index is 2.11. The van der Waals surface area contributed by atoms with Crippen LogP contribution in [0.25, 0.3) is 0 Å². The van der Waals surface area contributed by atoms with Crippen molar-refractivity contribution in [2.75, 3.05) is 17.2 Å². The fourth-order valence-corrected chi connectivity index (χ4v) is 3.21. The molecule has 2 aromatic heterocycles. The van der Waals surface area contributed by atoms with E-state index in [0.29, 0.717) is 11.4 Å². The van der Waals surface area contributed by atoms with Crippen LogP contribution in [0.2, 0.25) is 5.02 Å². The summed E-state index contributed by atoms with van der Waals surface area (Å²) in [5.41, 5.74) is 5.71. The third-order valence-electron chi connectivity index (χ3n) is 4.59. The number of H-pyrrole nitrogens is 1. The van der Waals surface area contributed by atoms with Gasteiger partial charge in [0.05, 0.1) is 6.54 Å². The Bertz CT molecular complexity index is 1160. The van der Waals surface area contributed by atoms with Gasteiger partial charge in [-0.25, -0.2) is 4.79 Å². The Morgan fingerprint density at radius 2 is 1.97 bits per heavy atom. The zero-order valence-corrected chi connectivity index (χ0v) is 17.2. The molecular formula is C21H22ClN5O3. The second kappa shape index (κ2) is 9.41. The number of aromatic nitrogens is 3. The highest BCUT2D eigenvalue weighted by molar-refractivity contribution is 6.31. The van der Waals surface area contributed by atoms with E-state index in [1.54, 1.807) is 6.07 Å². The van der Waals surface area contributed by atoms with Gasteiger partial charge in [0, 0.05) is 17.8 Å². The summed E-state index contributed by atoms with van der Waals surface area (Å²) in [4.78, 5) is 45.9. The Labute approximate surface area is 177 Å². The number of unbranched alkanes of at least 4 members (excludes halogenated alkanes) is 1. The first-order valence-electron chi connectivity index (χ1n) is 9.52. The molecule has 3 rings (SSSR count). The van der Waals surface area contributed by atoms with Crippen LogP contribution in [-0.2, 0) is 6.54 Å². The van der Waals surface area contributed by atoms with Crippen molar-refractivity contribution in [3.63, 3.8) is 0 Å². The van der Waals surface area contributed by atoms with E-state index >= 15 is 0 Å². The molecule has 0 spiro atoms. The van der Waals surface area contributed by atoms with Crippen LogP contribution in [0.1, 0.15) is 35.8 Å². The zero-order chi connectivity index (χ0) is 21.7. The van der Waals surface area contributed by atoms with Gasteiger partial charge >= 0.3 is 5.69 Å². The minimum Gasteiger partial charge on any atom is -0.383 e. The molecule has 0 unspecified atom stereocenters. The van der Waals surface area contributed by atoms with Gasteiger partial charge < -0.3 is 5.73 Å². The number of anilines is 2. The van der Waals surface area contributed by atoms with Crippen molar-refractivity contribution < 1.29 is 4.79 Å². The van der Waals surface area contributed by atoms with E-state index in [2.05, 4.69) is 9.97 Å². The normalized spacial score (nSPS) is 10.7. The number of hydrogen-bond donors (Lipinski definition) is 2. The van der Waals surface area contributed by atoms with Crippen LogP contribution in [0.5, 0.6) is 0 Å². The minimum absolute atomic E-state index is 0.0780. The highest BCUT2D eigenvalue weighted by Crippen LogP contribution is 2.21. The van der Waals surface area contributed by atoms with Crippen LogP contribution in [0.3, 0.4) is 0 Å². The summed E-state index contributed by atoms with van der Waals surface area (Å²) in [7, 11) is 0. The molecule has 0 saturated carbocycles. The SMILES string of the molecule is CCCCN(C(=O)c1cc(Cl)ccn1)c1c(N)n(Cc2ccccc2)c(=O)[nH]c1=O. The van der Waals surface area contributed by atoms with Crippen LogP contribution >= 0.6 is 11.6 Å². The number of pyridine rings is 1. The molecule has 0 aliphatic heterocycles. The van der Waals surface area contributed by atoms with Crippen molar-refractivity contribution in [2.45, 2.75) is 26.3 Å². The molecular weight excluding hydrogens is 406 g/mol. The van der Waals surface area contributed by atoms with E-state index < -0.39 is 17.2 Å². The molecule has 156 valence electrons. The quantitative estimate of drug-likeness (QED) is 0.601. The number of hydrogen-bond acceptors (Lipinski definition) is 5. The van der Waals surface area contributed by atoms with Crippen LogP contribution in [0.15, 0.2) is 58.3 Å². The molecule has 9 heteroatoms. The number of nitrogens with zero attached hydrogens (tertiary/aromatic N) is 3. The maximum atomic E-state index is 13.2. The summed E-state index contributed by atoms with van der Waals surface area (Å²) in [6.45, 7) is 2.35. The van der Waals surface area contributed by atoms with Crippen LogP contribution < -0.4 is 21.9 Å². The summed E-state index contributed by atoms with van der Waals surface area (Å²) in [5, 5.41) is 0.347. The number of amides is 1. The number of benzene rings is 1. The number of nitrogens with two attached hydrogens (primary N) is 1. The lowest BCUT2D eigenvalue weighted by molar-refractivity contribution is 0.0981. The number of carbonyl (C=O) groups excluding carboxylic acids is 1. The average Bonchev–Trinajstić information content (AvgIpc) is 2.73. The molecule has 0 bridgehead atoms. The Kier molecular flexibility index (Phi) is 6.68. The maximum Gasteiger partial charge on any atom is 0.330 e. The third kappa shape index (κ3) is 4.60. The van der Waals surface area contributed by atoms with Crippen LogP contribution in [0.4, 0.5) is 11.5 Å². The Morgan fingerprint density at radius 3 is 2.63 bits per heavy atom. The largest absolute Gasteiger partial charge is 0.383 e. The summed E-state index contributed by atoms with van der Waals surface area (Å²) >= 11 is 5.99. The minimum atomic E-state index is -0.728.